The van der Waals surface area contributed by atoms with Gasteiger partial charge in [-0.25, -0.2) is 0 Å². The first-order valence-corrected chi connectivity index (χ1v) is 3.22. The number of aliphatic hydroxyl groups excluding tert-OH is 1. The third-order valence-electron chi connectivity index (χ3n) is 0.911. The van der Waals surface area contributed by atoms with E-state index in [9.17, 15) is 0 Å². The molecule has 1 N–H and O–H groups in total. The van der Waals surface area contributed by atoms with E-state index in [1.54, 1.807) is 0 Å². The maximum Gasteiger partial charge on any atom is 0.111 e. The molecule has 2 heteroatoms. The highest BCUT2D eigenvalue weighted by Crippen LogP contribution is 1.89. The van der Waals surface area contributed by atoms with Crippen molar-refractivity contribution in [3.05, 3.63) is 12.3 Å². The summed E-state index contributed by atoms with van der Waals surface area (Å²) < 4.78 is 4.99. The van der Waals surface area contributed by atoms with Crippen molar-refractivity contribution < 1.29 is 9.84 Å². The summed E-state index contributed by atoms with van der Waals surface area (Å²) in [5.74, 6) is 0.103. The van der Waals surface area contributed by atoms with Gasteiger partial charge in [-0.3, -0.25) is 0 Å². The highest BCUT2D eigenvalue weighted by atomic mass is 16.5. The monoisotopic (exact) mass is 130 g/mol. The fourth-order valence-corrected chi connectivity index (χ4v) is 0.436. The van der Waals surface area contributed by atoms with Crippen molar-refractivity contribution in [3.8, 4) is 0 Å². The molecule has 0 bridgehead atoms. The van der Waals surface area contributed by atoms with Gasteiger partial charge in [0, 0.05) is 6.61 Å². The Labute approximate surface area is 56.1 Å². The Bertz CT molecular complexity index is 79.0. The van der Waals surface area contributed by atoms with E-state index in [0.717, 1.165) is 19.4 Å². The second-order valence-corrected chi connectivity index (χ2v) is 1.97. The van der Waals surface area contributed by atoms with Gasteiger partial charge in [0.1, 0.15) is 12.4 Å². The molecule has 0 aliphatic rings. The van der Waals surface area contributed by atoms with Crippen molar-refractivity contribution in [2.24, 2.45) is 0 Å². The van der Waals surface area contributed by atoms with Gasteiger partial charge in [-0.1, -0.05) is 19.9 Å². The number of hydrogen-bond acceptors (Lipinski definition) is 2. The predicted molar refractivity (Wildman–Crippen MR) is 37.5 cm³/mol. The van der Waals surface area contributed by atoms with Crippen LogP contribution in [0.2, 0.25) is 0 Å². The molecule has 0 heterocycles. The summed E-state index contributed by atoms with van der Waals surface area (Å²) in [6, 6.07) is 0. The van der Waals surface area contributed by atoms with Crippen LogP contribution in [0, 0.1) is 0 Å². The van der Waals surface area contributed by atoms with Crippen LogP contribution in [-0.4, -0.2) is 18.3 Å². The van der Waals surface area contributed by atoms with Gasteiger partial charge in [-0.05, 0) is 6.42 Å². The van der Waals surface area contributed by atoms with Crippen LogP contribution >= 0.6 is 0 Å². The normalized spacial score (nSPS) is 9.44. The largest absolute Gasteiger partial charge is 0.510 e. The van der Waals surface area contributed by atoms with Gasteiger partial charge in [0.15, 0.2) is 0 Å². The number of unbranched alkanes of at least 4 members (excludes halogenated alkanes) is 1. The van der Waals surface area contributed by atoms with Gasteiger partial charge >= 0.3 is 0 Å². The van der Waals surface area contributed by atoms with Crippen LogP contribution in [0.15, 0.2) is 12.3 Å². The fraction of sp³-hybridized carbons (Fsp3) is 0.714. The average Bonchev–Trinajstić information content (AvgIpc) is 1.80. The van der Waals surface area contributed by atoms with Crippen molar-refractivity contribution in [2.75, 3.05) is 13.2 Å². The number of rotatable bonds is 5. The molecular formula is C7H14O2. The third-order valence-corrected chi connectivity index (χ3v) is 0.911. The highest BCUT2D eigenvalue weighted by Gasteiger charge is 1.87. The fourth-order valence-electron chi connectivity index (χ4n) is 0.436. The topological polar surface area (TPSA) is 29.5 Å². The maximum absolute atomic E-state index is 8.53. The molecule has 0 fully saturated rings. The molecular weight excluding hydrogens is 116 g/mol. The Morgan fingerprint density at radius 2 is 2.33 bits per heavy atom. The van der Waals surface area contributed by atoms with Crippen LogP contribution in [0.1, 0.15) is 19.8 Å². The lowest BCUT2D eigenvalue weighted by atomic mass is 10.4. The molecule has 0 aliphatic carbocycles. The molecule has 0 radical (unpaired) electrons. The maximum atomic E-state index is 8.53. The Morgan fingerprint density at radius 1 is 1.67 bits per heavy atom. The van der Waals surface area contributed by atoms with Crippen LogP contribution in [0.5, 0.6) is 0 Å². The summed E-state index contributed by atoms with van der Waals surface area (Å²) in [5.41, 5.74) is 0. The zero-order valence-corrected chi connectivity index (χ0v) is 5.89. The molecule has 0 amide bonds. The Morgan fingerprint density at radius 3 is 2.78 bits per heavy atom. The molecule has 0 aromatic rings. The van der Waals surface area contributed by atoms with Crippen LogP contribution in [-0.2, 0) is 4.74 Å². The minimum Gasteiger partial charge on any atom is -0.510 e. The molecule has 0 aliphatic heterocycles. The minimum atomic E-state index is 0.103. The quantitative estimate of drug-likeness (QED) is 0.454. The first-order valence-electron chi connectivity index (χ1n) is 3.22. The third kappa shape index (κ3) is 7.50. The van der Waals surface area contributed by atoms with Crippen molar-refractivity contribution in [1.29, 1.82) is 0 Å². The molecule has 0 rings (SSSR count). The summed E-state index contributed by atoms with van der Waals surface area (Å²) in [6.45, 7) is 6.37. The van der Waals surface area contributed by atoms with Gasteiger partial charge in [0.2, 0.25) is 0 Å². The molecule has 2 nitrogen and oxygen atoms in total. The molecule has 54 valence electrons. The van der Waals surface area contributed by atoms with E-state index >= 15 is 0 Å². The number of ether oxygens (including phenoxy) is 1. The lowest BCUT2D eigenvalue weighted by molar-refractivity contribution is 0.126. The van der Waals surface area contributed by atoms with Gasteiger partial charge in [0.05, 0.1) is 0 Å². The minimum absolute atomic E-state index is 0.103. The van der Waals surface area contributed by atoms with Crippen molar-refractivity contribution in [1.82, 2.24) is 0 Å². The first kappa shape index (κ1) is 8.50. The molecule has 9 heavy (non-hydrogen) atoms. The van der Waals surface area contributed by atoms with Gasteiger partial charge < -0.3 is 9.84 Å². The molecule has 0 aromatic carbocycles. The second kappa shape index (κ2) is 5.63. The molecule has 0 saturated heterocycles. The SMILES string of the molecule is C=C(O)COCCCC. The lowest BCUT2D eigenvalue weighted by Crippen LogP contribution is -1.97. The predicted octanol–water partition coefficient (Wildman–Crippen LogP) is 1.87. The second-order valence-electron chi connectivity index (χ2n) is 1.97. The summed E-state index contributed by atoms with van der Waals surface area (Å²) in [4.78, 5) is 0. The Hall–Kier alpha value is -0.500. The van der Waals surface area contributed by atoms with E-state index in [4.69, 9.17) is 9.84 Å². The zero-order chi connectivity index (χ0) is 7.11. The van der Waals surface area contributed by atoms with E-state index in [2.05, 4.69) is 13.5 Å². The summed E-state index contributed by atoms with van der Waals surface area (Å²) in [7, 11) is 0. The lowest BCUT2D eigenvalue weighted by Gasteiger charge is -1.99. The van der Waals surface area contributed by atoms with Crippen molar-refractivity contribution >= 4 is 0 Å². The van der Waals surface area contributed by atoms with E-state index in [-0.39, 0.29) is 12.4 Å². The van der Waals surface area contributed by atoms with Gasteiger partial charge in [-0.2, -0.15) is 0 Å². The van der Waals surface area contributed by atoms with Gasteiger partial charge in [0.25, 0.3) is 0 Å². The number of aliphatic hydroxyl groups is 1. The van der Waals surface area contributed by atoms with E-state index in [1.807, 2.05) is 0 Å². The van der Waals surface area contributed by atoms with E-state index in [1.165, 1.54) is 0 Å². The average molecular weight is 130 g/mol. The Balaban J connectivity index is 2.83. The first-order chi connectivity index (χ1) is 4.27. The summed E-state index contributed by atoms with van der Waals surface area (Å²) in [5, 5.41) is 8.53. The van der Waals surface area contributed by atoms with Crippen LogP contribution < -0.4 is 0 Å². The molecule has 0 atom stereocenters. The van der Waals surface area contributed by atoms with Gasteiger partial charge in [-0.15, -0.1) is 0 Å². The van der Waals surface area contributed by atoms with Crippen molar-refractivity contribution in [3.63, 3.8) is 0 Å². The van der Waals surface area contributed by atoms with Crippen molar-refractivity contribution in [2.45, 2.75) is 19.8 Å². The zero-order valence-electron chi connectivity index (χ0n) is 5.89. The molecule has 0 aromatic heterocycles. The highest BCUT2D eigenvalue weighted by molar-refractivity contribution is 4.77. The van der Waals surface area contributed by atoms with Crippen LogP contribution in [0.3, 0.4) is 0 Å². The smallest absolute Gasteiger partial charge is 0.111 e. The number of hydrogen-bond donors (Lipinski definition) is 1. The van der Waals surface area contributed by atoms with Crippen LogP contribution in [0.4, 0.5) is 0 Å². The van der Waals surface area contributed by atoms with E-state index < -0.39 is 0 Å². The molecule has 0 spiro atoms. The standard InChI is InChI=1S/C7H14O2/c1-3-4-5-9-6-7(2)8/h8H,2-6H2,1H3. The summed E-state index contributed by atoms with van der Waals surface area (Å²) in [6.07, 6.45) is 2.17. The summed E-state index contributed by atoms with van der Waals surface area (Å²) >= 11 is 0. The Kier molecular flexibility index (Phi) is 5.32. The molecule has 0 unspecified atom stereocenters. The molecule has 0 saturated carbocycles. The van der Waals surface area contributed by atoms with E-state index in [0.29, 0.717) is 0 Å². The van der Waals surface area contributed by atoms with Crippen LogP contribution in [0.25, 0.3) is 0 Å².